The first-order valence-corrected chi connectivity index (χ1v) is 6.58. The third-order valence-corrected chi connectivity index (χ3v) is 3.25. The molecule has 0 spiro atoms. The number of nitrogens with one attached hydrogen (secondary N) is 1. The lowest BCUT2D eigenvalue weighted by molar-refractivity contribution is 0.355. The molecule has 2 rings (SSSR count). The molecule has 0 fully saturated rings. The van der Waals surface area contributed by atoms with Crippen LogP contribution in [0.3, 0.4) is 0 Å². The maximum atomic E-state index is 13.8. The van der Waals surface area contributed by atoms with Crippen LogP contribution in [-0.4, -0.2) is 14.2 Å². The van der Waals surface area contributed by atoms with Gasteiger partial charge in [0.2, 0.25) is 0 Å². The highest BCUT2D eigenvalue weighted by Gasteiger charge is 2.11. The van der Waals surface area contributed by atoms with Gasteiger partial charge in [0.25, 0.3) is 0 Å². The Morgan fingerprint density at radius 3 is 2.30 bits per heavy atom. The molecule has 0 unspecified atom stereocenters. The van der Waals surface area contributed by atoms with Crippen LogP contribution in [0, 0.1) is 5.82 Å². The number of hydrogen-bond donors (Lipinski definition) is 2. The minimum absolute atomic E-state index is 0.326. The first kappa shape index (κ1) is 14.5. The summed E-state index contributed by atoms with van der Waals surface area (Å²) in [6.45, 7) is 0. The largest absolute Gasteiger partial charge is 0.493 e. The van der Waals surface area contributed by atoms with E-state index in [1.807, 2.05) is 0 Å². The monoisotopic (exact) mass is 340 g/mol. The predicted molar refractivity (Wildman–Crippen MR) is 81.3 cm³/mol. The summed E-state index contributed by atoms with van der Waals surface area (Å²) in [7, 11) is 3.05. The van der Waals surface area contributed by atoms with Gasteiger partial charge in [-0.3, -0.25) is 0 Å². The van der Waals surface area contributed by atoms with E-state index in [0.29, 0.717) is 33.0 Å². The van der Waals surface area contributed by atoms with Crippen molar-refractivity contribution in [3.05, 3.63) is 40.6 Å². The Bertz CT molecular complexity index is 635. The van der Waals surface area contributed by atoms with Crippen LogP contribution in [-0.2, 0) is 0 Å². The van der Waals surface area contributed by atoms with Crippen molar-refractivity contribution in [3.63, 3.8) is 0 Å². The molecule has 2 aromatic carbocycles. The molecule has 0 aliphatic rings. The molecule has 0 amide bonds. The molecule has 2 aromatic rings. The lowest BCUT2D eigenvalue weighted by atomic mass is 10.2. The summed E-state index contributed by atoms with van der Waals surface area (Å²) < 4.78 is 24.8. The Morgan fingerprint density at radius 2 is 1.70 bits per heavy atom. The van der Waals surface area contributed by atoms with Gasteiger partial charge < -0.3 is 20.5 Å². The van der Waals surface area contributed by atoms with Crippen LogP contribution in [0.25, 0.3) is 0 Å². The fourth-order valence-electron chi connectivity index (χ4n) is 1.74. The highest BCUT2D eigenvalue weighted by Crippen LogP contribution is 2.36. The number of benzene rings is 2. The standard InChI is InChI=1S/C14H14BrFN2O2/c1-19-13-6-10(17)12(7-14(13)20-2)18-11-4-3-8(15)5-9(11)16/h3-7,18H,17H2,1-2H3. The summed E-state index contributed by atoms with van der Waals surface area (Å²) in [5.41, 5.74) is 7.23. The Kier molecular flexibility index (Phi) is 4.34. The normalized spacial score (nSPS) is 10.2. The van der Waals surface area contributed by atoms with Gasteiger partial charge in [-0.05, 0) is 18.2 Å². The molecule has 6 heteroatoms. The smallest absolute Gasteiger partial charge is 0.162 e. The first-order valence-electron chi connectivity index (χ1n) is 5.78. The number of hydrogen-bond acceptors (Lipinski definition) is 4. The number of methoxy groups -OCH3 is 2. The van der Waals surface area contributed by atoms with Gasteiger partial charge in [0, 0.05) is 16.6 Å². The topological polar surface area (TPSA) is 56.5 Å². The second kappa shape index (κ2) is 6.00. The van der Waals surface area contributed by atoms with Gasteiger partial charge in [0.05, 0.1) is 31.3 Å². The Labute approximate surface area is 124 Å². The van der Waals surface area contributed by atoms with Gasteiger partial charge in [-0.25, -0.2) is 4.39 Å². The molecule has 0 aliphatic heterocycles. The zero-order chi connectivity index (χ0) is 14.7. The van der Waals surface area contributed by atoms with Gasteiger partial charge >= 0.3 is 0 Å². The highest BCUT2D eigenvalue weighted by atomic mass is 79.9. The third kappa shape index (κ3) is 2.96. The van der Waals surface area contributed by atoms with E-state index in [4.69, 9.17) is 15.2 Å². The second-order valence-electron chi connectivity index (χ2n) is 4.04. The average molecular weight is 341 g/mol. The van der Waals surface area contributed by atoms with Crippen LogP contribution in [0.1, 0.15) is 0 Å². The van der Waals surface area contributed by atoms with Crippen molar-refractivity contribution < 1.29 is 13.9 Å². The Morgan fingerprint density at radius 1 is 1.05 bits per heavy atom. The molecule has 0 saturated carbocycles. The SMILES string of the molecule is COc1cc(N)c(Nc2ccc(Br)cc2F)cc1OC. The van der Waals surface area contributed by atoms with Crippen molar-refractivity contribution in [1.29, 1.82) is 0 Å². The van der Waals surface area contributed by atoms with Crippen molar-refractivity contribution in [2.24, 2.45) is 0 Å². The minimum Gasteiger partial charge on any atom is -0.493 e. The quantitative estimate of drug-likeness (QED) is 0.828. The van der Waals surface area contributed by atoms with E-state index < -0.39 is 0 Å². The molecule has 20 heavy (non-hydrogen) atoms. The van der Waals surface area contributed by atoms with Crippen LogP contribution in [0.2, 0.25) is 0 Å². The van der Waals surface area contributed by atoms with Gasteiger partial charge in [0.1, 0.15) is 5.82 Å². The fourth-order valence-corrected chi connectivity index (χ4v) is 2.07. The molecular formula is C14H14BrFN2O2. The summed E-state index contributed by atoms with van der Waals surface area (Å²) in [6, 6.07) is 8.02. The zero-order valence-electron chi connectivity index (χ0n) is 11.0. The van der Waals surface area contributed by atoms with Crippen molar-refractivity contribution >= 4 is 33.0 Å². The van der Waals surface area contributed by atoms with Gasteiger partial charge in [-0.2, -0.15) is 0 Å². The second-order valence-corrected chi connectivity index (χ2v) is 4.96. The van der Waals surface area contributed by atoms with Crippen LogP contribution >= 0.6 is 15.9 Å². The van der Waals surface area contributed by atoms with Crippen LogP contribution in [0.5, 0.6) is 11.5 Å². The molecule has 106 valence electrons. The third-order valence-electron chi connectivity index (χ3n) is 2.76. The molecule has 0 bridgehead atoms. The number of anilines is 3. The number of nitrogen functional groups attached to an aromatic ring is 1. The lowest BCUT2D eigenvalue weighted by Gasteiger charge is -2.14. The van der Waals surface area contributed by atoms with Crippen LogP contribution in [0.4, 0.5) is 21.5 Å². The van der Waals surface area contributed by atoms with E-state index in [0.717, 1.165) is 0 Å². The summed E-state index contributed by atoms with van der Waals surface area (Å²) >= 11 is 3.21. The fraction of sp³-hybridized carbons (Fsp3) is 0.143. The molecular weight excluding hydrogens is 327 g/mol. The number of nitrogens with two attached hydrogens (primary N) is 1. The number of halogens is 2. The van der Waals surface area contributed by atoms with Crippen molar-refractivity contribution in [1.82, 2.24) is 0 Å². The summed E-state index contributed by atoms with van der Waals surface area (Å²) in [6.07, 6.45) is 0. The van der Waals surface area contributed by atoms with E-state index in [2.05, 4.69) is 21.2 Å². The van der Waals surface area contributed by atoms with Gasteiger partial charge in [-0.1, -0.05) is 15.9 Å². The summed E-state index contributed by atoms with van der Waals surface area (Å²) in [5.74, 6) is 0.655. The molecule has 0 aliphatic carbocycles. The predicted octanol–water partition coefficient (Wildman–Crippen LogP) is 3.93. The van der Waals surface area contributed by atoms with E-state index in [-0.39, 0.29) is 5.82 Å². The molecule has 0 aromatic heterocycles. The minimum atomic E-state index is -0.381. The van der Waals surface area contributed by atoms with Gasteiger partial charge in [0.15, 0.2) is 11.5 Å². The molecule has 0 heterocycles. The Balaban J connectivity index is 2.38. The lowest BCUT2D eigenvalue weighted by Crippen LogP contribution is -2.00. The van der Waals surface area contributed by atoms with E-state index in [1.165, 1.54) is 20.3 Å². The van der Waals surface area contributed by atoms with Gasteiger partial charge in [-0.15, -0.1) is 0 Å². The molecule has 0 saturated heterocycles. The molecule has 4 nitrogen and oxygen atoms in total. The maximum absolute atomic E-state index is 13.8. The zero-order valence-corrected chi connectivity index (χ0v) is 12.6. The van der Waals surface area contributed by atoms with Crippen molar-refractivity contribution in [2.75, 3.05) is 25.3 Å². The highest BCUT2D eigenvalue weighted by molar-refractivity contribution is 9.10. The van der Waals surface area contributed by atoms with Crippen LogP contribution < -0.4 is 20.5 Å². The van der Waals surface area contributed by atoms with E-state index in [1.54, 1.807) is 24.3 Å². The maximum Gasteiger partial charge on any atom is 0.162 e. The molecule has 0 atom stereocenters. The summed E-state index contributed by atoms with van der Waals surface area (Å²) in [5, 5.41) is 2.94. The van der Waals surface area contributed by atoms with E-state index in [9.17, 15) is 4.39 Å². The summed E-state index contributed by atoms with van der Waals surface area (Å²) in [4.78, 5) is 0. The average Bonchev–Trinajstić information content (AvgIpc) is 2.43. The van der Waals surface area contributed by atoms with Crippen LogP contribution in [0.15, 0.2) is 34.8 Å². The van der Waals surface area contributed by atoms with Crippen molar-refractivity contribution in [2.45, 2.75) is 0 Å². The molecule has 0 radical (unpaired) electrons. The first-order chi connectivity index (χ1) is 9.55. The number of ether oxygens (including phenoxy) is 2. The molecule has 3 N–H and O–H groups in total. The van der Waals surface area contributed by atoms with Crippen molar-refractivity contribution in [3.8, 4) is 11.5 Å². The van der Waals surface area contributed by atoms with E-state index >= 15 is 0 Å². The Hall–Kier alpha value is -1.95. The number of rotatable bonds is 4.